The maximum atomic E-state index is 13.3. The first-order chi connectivity index (χ1) is 19.6. The molecule has 0 spiro atoms. The van der Waals surface area contributed by atoms with E-state index in [2.05, 4.69) is 37.6 Å². The van der Waals surface area contributed by atoms with Crippen molar-refractivity contribution in [3.8, 4) is 11.3 Å². The molecule has 0 aromatic carbocycles. The van der Waals surface area contributed by atoms with Gasteiger partial charge < -0.3 is 15.5 Å². The molecule has 40 heavy (non-hydrogen) atoms. The maximum absolute atomic E-state index is 13.3. The van der Waals surface area contributed by atoms with E-state index >= 15 is 0 Å². The second-order valence-corrected chi connectivity index (χ2v) is 10.3. The van der Waals surface area contributed by atoms with Crippen molar-refractivity contribution in [1.82, 2.24) is 34.8 Å². The quantitative estimate of drug-likeness (QED) is 0.466. The predicted octanol–water partition coefficient (Wildman–Crippen LogP) is 5.16. The molecular formula is C30H44N8O2. The molecule has 0 atom stereocenters. The van der Waals surface area contributed by atoms with E-state index < -0.39 is 0 Å². The SMILES string of the molecule is CC.CCCCN1CCC(n2cc3c(n2)C(=O)NCCCCCCn2cc(cn2)-c2cccc(n2)C(=O)N3)CC1. The van der Waals surface area contributed by atoms with Crippen LogP contribution in [-0.2, 0) is 6.54 Å². The molecule has 2 aliphatic rings. The average molecular weight is 549 g/mol. The van der Waals surface area contributed by atoms with E-state index in [4.69, 9.17) is 0 Å². The van der Waals surface area contributed by atoms with E-state index in [1.54, 1.807) is 12.3 Å². The van der Waals surface area contributed by atoms with Gasteiger partial charge in [-0.3, -0.25) is 19.0 Å². The van der Waals surface area contributed by atoms with Gasteiger partial charge in [0, 0.05) is 44.1 Å². The first-order valence-electron chi connectivity index (χ1n) is 15.0. The van der Waals surface area contributed by atoms with E-state index in [0.29, 0.717) is 17.9 Å². The van der Waals surface area contributed by atoms with E-state index in [9.17, 15) is 9.59 Å². The lowest BCUT2D eigenvalue weighted by Gasteiger charge is -2.31. The number of anilines is 1. The molecular weight excluding hydrogens is 504 g/mol. The Kier molecular flexibility index (Phi) is 10.9. The van der Waals surface area contributed by atoms with Crippen LogP contribution in [0.2, 0.25) is 0 Å². The Balaban J connectivity index is 0.00000181. The average Bonchev–Trinajstić information content (AvgIpc) is 3.64. The summed E-state index contributed by atoms with van der Waals surface area (Å²) in [6.45, 7) is 10.8. The number of amides is 2. The van der Waals surface area contributed by atoms with Gasteiger partial charge in [0.25, 0.3) is 11.8 Å². The summed E-state index contributed by atoms with van der Waals surface area (Å²) >= 11 is 0. The lowest BCUT2D eigenvalue weighted by atomic mass is 10.1. The summed E-state index contributed by atoms with van der Waals surface area (Å²) in [7, 11) is 0. The van der Waals surface area contributed by atoms with Crippen LogP contribution in [0.25, 0.3) is 11.3 Å². The minimum absolute atomic E-state index is 0.199. The molecule has 0 aliphatic carbocycles. The van der Waals surface area contributed by atoms with Crippen molar-refractivity contribution in [2.45, 2.75) is 84.7 Å². The summed E-state index contributed by atoms with van der Waals surface area (Å²) in [5.41, 5.74) is 2.51. The molecule has 2 aliphatic heterocycles. The highest BCUT2D eigenvalue weighted by Crippen LogP contribution is 2.26. The van der Waals surface area contributed by atoms with E-state index in [0.717, 1.165) is 70.3 Å². The van der Waals surface area contributed by atoms with Crippen LogP contribution in [0.15, 0.2) is 36.8 Å². The topological polar surface area (TPSA) is 110 Å². The number of nitrogens with one attached hydrogen (secondary N) is 2. The normalized spacial score (nSPS) is 17.5. The number of piperidine rings is 1. The van der Waals surface area contributed by atoms with Crippen LogP contribution in [-0.4, -0.2) is 67.4 Å². The molecule has 5 rings (SSSR count). The van der Waals surface area contributed by atoms with Crippen molar-refractivity contribution in [1.29, 1.82) is 0 Å². The summed E-state index contributed by atoms with van der Waals surface area (Å²) in [6, 6.07) is 5.57. The number of carbonyl (C=O) groups excluding carboxylic acids is 2. The minimum atomic E-state index is -0.372. The molecule has 10 heteroatoms. The molecule has 1 saturated heterocycles. The van der Waals surface area contributed by atoms with E-state index in [-0.39, 0.29) is 29.2 Å². The minimum Gasteiger partial charge on any atom is -0.351 e. The fraction of sp³-hybridized carbons (Fsp3) is 0.567. The molecule has 3 aromatic heterocycles. The van der Waals surface area contributed by atoms with Crippen LogP contribution in [0, 0.1) is 0 Å². The number of fused-ring (bicyclic) bond motifs is 6. The Morgan fingerprint density at radius 1 is 0.950 bits per heavy atom. The molecule has 0 radical (unpaired) electrons. The number of unbranched alkanes of at least 4 members (excludes halogenated alkanes) is 1. The number of aromatic nitrogens is 5. The van der Waals surface area contributed by atoms with Crippen LogP contribution in [0.1, 0.15) is 99.2 Å². The Morgan fingerprint density at radius 3 is 2.52 bits per heavy atom. The van der Waals surface area contributed by atoms with Crippen molar-refractivity contribution >= 4 is 17.5 Å². The largest absolute Gasteiger partial charge is 0.351 e. The second-order valence-electron chi connectivity index (χ2n) is 10.3. The Bertz CT molecular complexity index is 1240. The molecule has 2 N–H and O–H groups in total. The van der Waals surface area contributed by atoms with Crippen LogP contribution in [0.3, 0.4) is 0 Å². The molecule has 4 bridgehead atoms. The van der Waals surface area contributed by atoms with E-state index in [1.165, 1.54) is 12.8 Å². The van der Waals surface area contributed by atoms with Gasteiger partial charge in [-0.1, -0.05) is 46.1 Å². The monoisotopic (exact) mass is 548 g/mol. The third-order valence-electron chi connectivity index (χ3n) is 7.46. The van der Waals surface area contributed by atoms with Gasteiger partial charge in [0.05, 0.1) is 23.6 Å². The van der Waals surface area contributed by atoms with Crippen molar-refractivity contribution < 1.29 is 9.59 Å². The number of carbonyl (C=O) groups is 2. The zero-order chi connectivity index (χ0) is 28.3. The fourth-order valence-corrected chi connectivity index (χ4v) is 5.19. The van der Waals surface area contributed by atoms with Crippen molar-refractivity contribution in [2.75, 3.05) is 31.5 Å². The number of aryl methyl sites for hydroxylation is 1. The summed E-state index contributed by atoms with van der Waals surface area (Å²) in [6.07, 6.45) is 13.9. The van der Waals surface area contributed by atoms with Gasteiger partial charge in [-0.15, -0.1) is 0 Å². The van der Waals surface area contributed by atoms with Gasteiger partial charge in [0.2, 0.25) is 0 Å². The van der Waals surface area contributed by atoms with E-state index in [1.807, 2.05) is 47.7 Å². The van der Waals surface area contributed by atoms with Crippen LogP contribution >= 0.6 is 0 Å². The van der Waals surface area contributed by atoms with Gasteiger partial charge in [0.15, 0.2) is 5.69 Å². The lowest BCUT2D eigenvalue weighted by Crippen LogP contribution is -2.35. The number of pyridine rings is 1. The number of hydrogen-bond donors (Lipinski definition) is 2. The number of nitrogens with zero attached hydrogens (tertiary/aromatic N) is 6. The molecule has 5 heterocycles. The third-order valence-corrected chi connectivity index (χ3v) is 7.46. The predicted molar refractivity (Wildman–Crippen MR) is 157 cm³/mol. The first-order valence-corrected chi connectivity index (χ1v) is 15.0. The Labute approximate surface area is 237 Å². The van der Waals surface area contributed by atoms with Gasteiger partial charge in [-0.05, 0) is 50.8 Å². The second kappa shape index (κ2) is 14.7. The highest BCUT2D eigenvalue weighted by Gasteiger charge is 2.25. The summed E-state index contributed by atoms with van der Waals surface area (Å²) in [5, 5.41) is 15.1. The Hall–Kier alpha value is -3.53. The molecule has 10 nitrogen and oxygen atoms in total. The van der Waals surface area contributed by atoms with Gasteiger partial charge >= 0.3 is 0 Å². The highest BCUT2D eigenvalue weighted by molar-refractivity contribution is 6.07. The van der Waals surface area contributed by atoms with Crippen molar-refractivity contribution in [2.24, 2.45) is 0 Å². The molecule has 216 valence electrons. The number of rotatable bonds is 4. The third kappa shape index (κ3) is 7.56. The van der Waals surface area contributed by atoms with Crippen LogP contribution < -0.4 is 10.6 Å². The van der Waals surface area contributed by atoms with Crippen LogP contribution in [0.4, 0.5) is 5.69 Å². The van der Waals surface area contributed by atoms with Crippen LogP contribution in [0.5, 0.6) is 0 Å². The molecule has 0 saturated carbocycles. The number of likely N-dealkylation sites (tertiary alicyclic amines) is 1. The van der Waals surface area contributed by atoms with Gasteiger partial charge in [-0.25, -0.2) is 4.98 Å². The summed E-state index contributed by atoms with van der Waals surface area (Å²) in [5.74, 6) is -0.631. The first kappa shape index (κ1) is 29.5. The molecule has 2 amide bonds. The lowest BCUT2D eigenvalue weighted by molar-refractivity contribution is 0.0946. The maximum Gasteiger partial charge on any atom is 0.274 e. The molecule has 1 fully saturated rings. The van der Waals surface area contributed by atoms with Gasteiger partial charge in [0.1, 0.15) is 5.69 Å². The summed E-state index contributed by atoms with van der Waals surface area (Å²) < 4.78 is 3.80. The zero-order valence-electron chi connectivity index (χ0n) is 24.2. The van der Waals surface area contributed by atoms with Crippen molar-refractivity contribution in [3.63, 3.8) is 0 Å². The number of hydrogen-bond acceptors (Lipinski definition) is 6. The smallest absolute Gasteiger partial charge is 0.274 e. The van der Waals surface area contributed by atoms with Crippen molar-refractivity contribution in [3.05, 3.63) is 48.2 Å². The standard InChI is InChI=1S/C28H38N8O2.C2H6/c1-2-3-14-34-16-11-22(12-17-34)36-20-25-26(33-36)28(38)29-13-6-4-5-7-15-35-19-21(18-30-35)23-9-8-10-24(31-23)27(37)32-25;1-2/h8-10,18-20,22H,2-7,11-17H2,1H3,(H,29,38)(H,32,37);1-2H3. The Morgan fingerprint density at radius 2 is 1.73 bits per heavy atom. The highest BCUT2D eigenvalue weighted by atomic mass is 16.2. The summed E-state index contributed by atoms with van der Waals surface area (Å²) in [4.78, 5) is 33.5. The zero-order valence-corrected chi connectivity index (χ0v) is 24.2. The molecule has 3 aromatic rings. The van der Waals surface area contributed by atoms with Gasteiger partial charge in [-0.2, -0.15) is 10.2 Å². The molecule has 0 unspecified atom stereocenters. The fourth-order valence-electron chi connectivity index (χ4n) is 5.19.